The van der Waals surface area contributed by atoms with Gasteiger partial charge < -0.3 is 5.32 Å². The second-order valence-corrected chi connectivity index (χ2v) is 5.17. The summed E-state index contributed by atoms with van der Waals surface area (Å²) in [5.41, 5.74) is 0.983. The quantitative estimate of drug-likeness (QED) is 0.532. The molecule has 0 bridgehead atoms. The van der Waals surface area contributed by atoms with Gasteiger partial charge in [0.1, 0.15) is 0 Å². The van der Waals surface area contributed by atoms with Crippen molar-refractivity contribution in [2.75, 3.05) is 12.4 Å². The molecule has 0 aliphatic carbocycles. The summed E-state index contributed by atoms with van der Waals surface area (Å²) in [6, 6.07) is 5.59. The maximum atomic E-state index is 6.07. The van der Waals surface area contributed by atoms with Crippen LogP contribution in [-0.4, -0.2) is 12.4 Å². The summed E-state index contributed by atoms with van der Waals surface area (Å²) >= 11 is 17.8. The highest BCUT2D eigenvalue weighted by Crippen LogP contribution is 2.23. The van der Waals surface area contributed by atoms with E-state index in [9.17, 15) is 0 Å². The van der Waals surface area contributed by atoms with Crippen LogP contribution in [0, 0.1) is 0 Å². The van der Waals surface area contributed by atoms with Crippen LogP contribution < -0.4 is 5.32 Å². The van der Waals surface area contributed by atoms with E-state index in [2.05, 4.69) is 5.32 Å². The molecule has 0 saturated carbocycles. The van der Waals surface area contributed by atoms with E-state index in [0.717, 1.165) is 41.0 Å². The second kappa shape index (κ2) is 9.04. The molecule has 1 rings (SSSR count). The van der Waals surface area contributed by atoms with E-state index in [1.807, 2.05) is 18.2 Å². The number of alkyl halides is 1. The summed E-state index contributed by atoms with van der Waals surface area (Å²) < 4.78 is 0. The van der Waals surface area contributed by atoms with Crippen molar-refractivity contribution in [3.8, 4) is 0 Å². The zero-order valence-electron chi connectivity index (χ0n) is 9.82. The number of unbranched alkanes of at least 4 members (excludes halogenated alkanes) is 3. The number of halogens is 3. The molecule has 0 spiro atoms. The topological polar surface area (TPSA) is 12.0 Å². The first kappa shape index (κ1) is 15.1. The van der Waals surface area contributed by atoms with E-state index in [-0.39, 0.29) is 0 Å². The predicted molar refractivity (Wildman–Crippen MR) is 77.4 cm³/mol. The minimum Gasteiger partial charge on any atom is -0.313 e. The van der Waals surface area contributed by atoms with Gasteiger partial charge in [-0.2, -0.15) is 0 Å². The third-order valence-corrected chi connectivity index (χ3v) is 3.58. The molecule has 4 heteroatoms. The maximum Gasteiger partial charge on any atom is 0.0465 e. The molecule has 0 heterocycles. The Kier molecular flexibility index (Phi) is 8.04. The maximum absolute atomic E-state index is 6.07. The van der Waals surface area contributed by atoms with Crippen molar-refractivity contribution in [1.82, 2.24) is 5.32 Å². The molecule has 1 N–H and O–H groups in total. The van der Waals surface area contributed by atoms with Gasteiger partial charge in [-0.25, -0.2) is 0 Å². The van der Waals surface area contributed by atoms with Crippen LogP contribution in [0.5, 0.6) is 0 Å². The monoisotopic (exact) mass is 293 g/mol. The molecule has 0 fully saturated rings. The number of rotatable bonds is 8. The molecule has 1 aromatic carbocycles. The van der Waals surface area contributed by atoms with E-state index in [4.69, 9.17) is 34.8 Å². The Balaban J connectivity index is 2.18. The van der Waals surface area contributed by atoms with Crippen molar-refractivity contribution in [3.63, 3.8) is 0 Å². The van der Waals surface area contributed by atoms with Gasteiger partial charge in [-0.15, -0.1) is 11.6 Å². The SMILES string of the molecule is ClCCCCCCNCc1c(Cl)cccc1Cl. The van der Waals surface area contributed by atoms with E-state index >= 15 is 0 Å². The lowest BCUT2D eigenvalue weighted by Gasteiger charge is -2.08. The van der Waals surface area contributed by atoms with E-state index in [1.54, 1.807) is 0 Å². The normalized spacial score (nSPS) is 10.8. The van der Waals surface area contributed by atoms with Crippen LogP contribution in [0.3, 0.4) is 0 Å². The molecule has 1 nitrogen and oxygen atoms in total. The van der Waals surface area contributed by atoms with Crippen molar-refractivity contribution in [2.24, 2.45) is 0 Å². The molecule has 96 valence electrons. The largest absolute Gasteiger partial charge is 0.313 e. The van der Waals surface area contributed by atoms with Gasteiger partial charge >= 0.3 is 0 Å². The van der Waals surface area contributed by atoms with E-state index < -0.39 is 0 Å². The fourth-order valence-electron chi connectivity index (χ4n) is 1.61. The molecule has 0 saturated heterocycles. The zero-order valence-corrected chi connectivity index (χ0v) is 12.1. The Bertz CT molecular complexity index is 308. The highest BCUT2D eigenvalue weighted by molar-refractivity contribution is 6.35. The van der Waals surface area contributed by atoms with Gasteiger partial charge in [-0.3, -0.25) is 0 Å². The van der Waals surface area contributed by atoms with Crippen LogP contribution in [0.15, 0.2) is 18.2 Å². The lowest BCUT2D eigenvalue weighted by atomic mass is 10.2. The molecule has 0 aromatic heterocycles. The van der Waals surface area contributed by atoms with E-state index in [1.165, 1.54) is 19.3 Å². The Morgan fingerprint density at radius 3 is 2.24 bits per heavy atom. The van der Waals surface area contributed by atoms with Gasteiger partial charge in [0.25, 0.3) is 0 Å². The number of benzene rings is 1. The lowest BCUT2D eigenvalue weighted by molar-refractivity contribution is 0.599. The van der Waals surface area contributed by atoms with Crippen LogP contribution in [0.25, 0.3) is 0 Å². The van der Waals surface area contributed by atoms with Crippen molar-refractivity contribution < 1.29 is 0 Å². The van der Waals surface area contributed by atoms with E-state index in [0.29, 0.717) is 0 Å². The minimum absolute atomic E-state index is 0.729. The highest BCUT2D eigenvalue weighted by Gasteiger charge is 2.03. The lowest BCUT2D eigenvalue weighted by Crippen LogP contribution is -2.15. The van der Waals surface area contributed by atoms with Crippen LogP contribution >= 0.6 is 34.8 Å². The highest BCUT2D eigenvalue weighted by atomic mass is 35.5. The molecule has 0 aliphatic rings. The molecular weight excluding hydrogens is 277 g/mol. The first-order chi connectivity index (χ1) is 8.25. The Morgan fingerprint density at radius 1 is 0.941 bits per heavy atom. The fourth-order valence-corrected chi connectivity index (χ4v) is 2.33. The van der Waals surface area contributed by atoms with Crippen LogP contribution in [0.1, 0.15) is 31.2 Å². The molecule has 0 aliphatic heterocycles. The second-order valence-electron chi connectivity index (χ2n) is 3.98. The van der Waals surface area contributed by atoms with Gasteiger partial charge in [-0.1, -0.05) is 42.1 Å². The Hall–Kier alpha value is 0.0500. The Morgan fingerprint density at radius 2 is 1.59 bits per heavy atom. The molecular formula is C13H18Cl3N. The molecule has 0 atom stereocenters. The number of nitrogens with one attached hydrogen (secondary N) is 1. The summed E-state index contributed by atoms with van der Waals surface area (Å²) in [4.78, 5) is 0. The molecule has 0 radical (unpaired) electrons. The average molecular weight is 295 g/mol. The number of hydrogen-bond donors (Lipinski definition) is 1. The molecule has 17 heavy (non-hydrogen) atoms. The first-order valence-electron chi connectivity index (χ1n) is 5.95. The van der Waals surface area contributed by atoms with Crippen molar-refractivity contribution in [2.45, 2.75) is 32.2 Å². The predicted octanol–water partition coefficient (Wildman–Crippen LogP) is 4.88. The summed E-state index contributed by atoms with van der Waals surface area (Å²) in [6.45, 7) is 1.72. The van der Waals surface area contributed by atoms with Gasteiger partial charge in [0, 0.05) is 28.0 Å². The third-order valence-electron chi connectivity index (χ3n) is 2.60. The third kappa shape index (κ3) is 5.96. The average Bonchev–Trinajstić information content (AvgIpc) is 2.31. The van der Waals surface area contributed by atoms with Gasteiger partial charge in [0.2, 0.25) is 0 Å². The van der Waals surface area contributed by atoms with Crippen LogP contribution in [0.4, 0.5) is 0 Å². The van der Waals surface area contributed by atoms with Crippen LogP contribution in [-0.2, 0) is 6.54 Å². The molecule has 0 amide bonds. The fraction of sp³-hybridized carbons (Fsp3) is 0.538. The smallest absolute Gasteiger partial charge is 0.0465 e. The molecule has 0 unspecified atom stereocenters. The van der Waals surface area contributed by atoms with Gasteiger partial charge in [-0.05, 0) is 31.5 Å². The number of hydrogen-bond acceptors (Lipinski definition) is 1. The summed E-state index contributed by atoms with van der Waals surface area (Å²) in [5.74, 6) is 0.767. The summed E-state index contributed by atoms with van der Waals surface area (Å²) in [6.07, 6.45) is 4.70. The summed E-state index contributed by atoms with van der Waals surface area (Å²) in [5, 5.41) is 4.82. The van der Waals surface area contributed by atoms with Gasteiger partial charge in [0.05, 0.1) is 0 Å². The van der Waals surface area contributed by atoms with Crippen molar-refractivity contribution in [3.05, 3.63) is 33.8 Å². The molecule has 1 aromatic rings. The van der Waals surface area contributed by atoms with Crippen molar-refractivity contribution >= 4 is 34.8 Å². The van der Waals surface area contributed by atoms with Crippen LogP contribution in [0.2, 0.25) is 10.0 Å². The Labute approximate surface area is 118 Å². The summed E-state index contributed by atoms with van der Waals surface area (Å²) in [7, 11) is 0. The zero-order chi connectivity index (χ0) is 12.5. The minimum atomic E-state index is 0.729. The first-order valence-corrected chi connectivity index (χ1v) is 7.24. The van der Waals surface area contributed by atoms with Crippen molar-refractivity contribution in [1.29, 1.82) is 0 Å². The van der Waals surface area contributed by atoms with Gasteiger partial charge in [0.15, 0.2) is 0 Å². The standard InChI is InChI=1S/C13H18Cl3N/c14-8-3-1-2-4-9-17-10-11-12(15)6-5-7-13(11)16/h5-7,17H,1-4,8-10H2.